The van der Waals surface area contributed by atoms with Crippen molar-refractivity contribution < 1.29 is 18.7 Å². The summed E-state index contributed by atoms with van der Waals surface area (Å²) in [7, 11) is 0. The Labute approximate surface area is 180 Å². The number of alkyl halides is 2. The maximum Gasteiger partial charge on any atom is 0.293 e. The van der Waals surface area contributed by atoms with Crippen LogP contribution in [0.4, 0.5) is 14.7 Å². The van der Waals surface area contributed by atoms with Crippen LogP contribution in [0.25, 0.3) is 0 Å². The molecule has 11 heteroatoms. The lowest BCUT2D eigenvalue weighted by atomic mass is 9.94. The van der Waals surface area contributed by atoms with E-state index in [-0.39, 0.29) is 18.1 Å². The summed E-state index contributed by atoms with van der Waals surface area (Å²) >= 11 is 0. The SMILES string of the molecule is Nc1ncc(C#Cc2ccc(CC(C(=O)NCC(F)F)c3nc[nH]c(=O)c3O)cc2)cn1. The van der Waals surface area contributed by atoms with Gasteiger partial charge in [-0.15, -0.1) is 0 Å². The van der Waals surface area contributed by atoms with Gasteiger partial charge in [0.05, 0.1) is 24.4 Å². The summed E-state index contributed by atoms with van der Waals surface area (Å²) in [4.78, 5) is 38.0. The Morgan fingerprint density at radius 1 is 1.12 bits per heavy atom. The number of carbonyl (C=O) groups excluding carboxylic acids is 1. The Morgan fingerprint density at radius 2 is 1.78 bits per heavy atom. The number of H-pyrrole nitrogens is 1. The lowest BCUT2D eigenvalue weighted by molar-refractivity contribution is -0.123. The first-order valence-corrected chi connectivity index (χ1v) is 9.34. The van der Waals surface area contributed by atoms with E-state index in [0.29, 0.717) is 16.7 Å². The molecule has 2 aromatic heterocycles. The number of hydrogen-bond donors (Lipinski definition) is 4. The molecule has 5 N–H and O–H groups in total. The van der Waals surface area contributed by atoms with Crippen LogP contribution in [0.1, 0.15) is 28.3 Å². The summed E-state index contributed by atoms with van der Waals surface area (Å²) < 4.78 is 25.1. The highest BCUT2D eigenvalue weighted by Crippen LogP contribution is 2.24. The molecule has 164 valence electrons. The number of amides is 1. The number of halogens is 2. The molecule has 9 nitrogen and oxygen atoms in total. The Morgan fingerprint density at radius 3 is 2.44 bits per heavy atom. The molecule has 1 aromatic carbocycles. The van der Waals surface area contributed by atoms with E-state index in [1.165, 1.54) is 12.4 Å². The second-order valence-electron chi connectivity index (χ2n) is 6.64. The van der Waals surface area contributed by atoms with Crippen LogP contribution in [0.15, 0.2) is 47.8 Å². The number of aromatic amines is 1. The quantitative estimate of drug-likeness (QED) is 0.417. The van der Waals surface area contributed by atoms with E-state index in [0.717, 1.165) is 6.33 Å². The van der Waals surface area contributed by atoms with Crippen LogP contribution in [-0.4, -0.2) is 43.9 Å². The number of benzene rings is 1. The molecule has 0 saturated carbocycles. The molecule has 0 spiro atoms. The van der Waals surface area contributed by atoms with E-state index in [9.17, 15) is 23.5 Å². The first-order valence-electron chi connectivity index (χ1n) is 9.34. The van der Waals surface area contributed by atoms with Crippen LogP contribution >= 0.6 is 0 Å². The number of rotatable bonds is 6. The van der Waals surface area contributed by atoms with Gasteiger partial charge in [0.25, 0.3) is 12.0 Å². The topological polar surface area (TPSA) is 147 Å². The molecule has 0 aliphatic rings. The molecule has 0 saturated heterocycles. The van der Waals surface area contributed by atoms with Crippen LogP contribution in [0.5, 0.6) is 5.75 Å². The molecule has 0 radical (unpaired) electrons. The van der Waals surface area contributed by atoms with Gasteiger partial charge < -0.3 is 21.1 Å². The molecule has 0 fully saturated rings. The third-order valence-electron chi connectivity index (χ3n) is 4.35. The van der Waals surface area contributed by atoms with Gasteiger partial charge in [-0.2, -0.15) is 0 Å². The molecule has 1 atom stereocenters. The first kappa shape index (κ1) is 22.4. The summed E-state index contributed by atoms with van der Waals surface area (Å²) in [6.07, 6.45) is 1.29. The van der Waals surface area contributed by atoms with Crippen molar-refractivity contribution in [3.63, 3.8) is 0 Å². The number of aromatic nitrogens is 4. The summed E-state index contributed by atoms with van der Waals surface area (Å²) in [5.74, 6) is 3.29. The van der Waals surface area contributed by atoms with Gasteiger partial charge in [-0.25, -0.2) is 23.7 Å². The third-order valence-corrected chi connectivity index (χ3v) is 4.35. The average molecular weight is 440 g/mol. The van der Waals surface area contributed by atoms with E-state index < -0.39 is 36.1 Å². The van der Waals surface area contributed by atoms with Crippen molar-refractivity contribution in [2.45, 2.75) is 18.8 Å². The second kappa shape index (κ2) is 10.1. The summed E-state index contributed by atoms with van der Waals surface area (Å²) in [6, 6.07) is 6.81. The van der Waals surface area contributed by atoms with Crippen LogP contribution in [0.3, 0.4) is 0 Å². The fourth-order valence-corrected chi connectivity index (χ4v) is 2.78. The van der Waals surface area contributed by atoms with E-state index in [1.807, 2.05) is 0 Å². The van der Waals surface area contributed by atoms with Gasteiger partial charge in [-0.05, 0) is 24.1 Å². The third kappa shape index (κ3) is 5.85. The summed E-state index contributed by atoms with van der Waals surface area (Å²) in [6.45, 7) is -0.858. The Balaban J connectivity index is 1.81. The first-order chi connectivity index (χ1) is 15.3. The number of nitrogens with two attached hydrogens (primary N) is 1. The number of hydrogen-bond acceptors (Lipinski definition) is 7. The molecule has 3 rings (SSSR count). The minimum Gasteiger partial charge on any atom is -0.502 e. The predicted molar refractivity (Wildman–Crippen MR) is 111 cm³/mol. The van der Waals surface area contributed by atoms with Crippen LogP contribution in [0, 0.1) is 11.8 Å². The molecule has 0 bridgehead atoms. The molecular formula is C21H18F2N6O3. The molecule has 1 unspecified atom stereocenters. The van der Waals surface area contributed by atoms with Crippen molar-refractivity contribution in [1.82, 2.24) is 25.3 Å². The summed E-state index contributed by atoms with van der Waals surface area (Å²) in [5, 5.41) is 12.1. The van der Waals surface area contributed by atoms with Crippen molar-refractivity contribution in [3.8, 4) is 17.6 Å². The van der Waals surface area contributed by atoms with E-state index in [2.05, 4.69) is 37.1 Å². The van der Waals surface area contributed by atoms with Gasteiger partial charge in [-0.1, -0.05) is 24.0 Å². The van der Waals surface area contributed by atoms with Gasteiger partial charge in [-0.3, -0.25) is 9.59 Å². The fraction of sp³-hybridized carbons (Fsp3) is 0.190. The molecule has 32 heavy (non-hydrogen) atoms. The van der Waals surface area contributed by atoms with Crippen LogP contribution in [0.2, 0.25) is 0 Å². The Bertz CT molecular complexity index is 1200. The van der Waals surface area contributed by atoms with Gasteiger partial charge in [0, 0.05) is 18.0 Å². The molecule has 0 aliphatic carbocycles. The zero-order valence-corrected chi connectivity index (χ0v) is 16.5. The standard InChI is InChI=1S/C21H18F2N6O3/c22-16(23)10-25-19(31)15(17-18(30)20(32)29-11-28-17)7-13-4-1-12(2-5-13)3-6-14-8-26-21(24)27-9-14/h1-2,4-5,8-9,11,15-16,30H,7,10H2,(H,25,31)(H2,24,26,27)(H,28,29,32). The Kier molecular flexibility index (Phi) is 7.07. The molecule has 1 amide bonds. The highest BCUT2D eigenvalue weighted by atomic mass is 19.3. The van der Waals surface area contributed by atoms with Crippen molar-refractivity contribution in [1.29, 1.82) is 0 Å². The molecule has 0 aliphatic heterocycles. The maximum atomic E-state index is 12.5. The average Bonchev–Trinajstić information content (AvgIpc) is 2.78. The van der Waals surface area contributed by atoms with Gasteiger partial charge in [0.1, 0.15) is 5.69 Å². The van der Waals surface area contributed by atoms with Crippen LogP contribution in [-0.2, 0) is 11.2 Å². The van der Waals surface area contributed by atoms with Crippen molar-refractivity contribution >= 4 is 11.9 Å². The number of anilines is 1. The minimum atomic E-state index is -2.75. The van der Waals surface area contributed by atoms with E-state index in [4.69, 9.17) is 5.73 Å². The molecule has 2 heterocycles. The largest absolute Gasteiger partial charge is 0.502 e. The van der Waals surface area contributed by atoms with Gasteiger partial charge in [0.15, 0.2) is 0 Å². The number of carbonyl (C=O) groups is 1. The highest BCUT2D eigenvalue weighted by molar-refractivity contribution is 5.84. The van der Waals surface area contributed by atoms with E-state index >= 15 is 0 Å². The monoisotopic (exact) mass is 440 g/mol. The number of nitrogen functional groups attached to an aromatic ring is 1. The van der Waals surface area contributed by atoms with Crippen molar-refractivity contribution in [2.24, 2.45) is 0 Å². The second-order valence-corrected chi connectivity index (χ2v) is 6.64. The van der Waals surface area contributed by atoms with Gasteiger partial charge in [0.2, 0.25) is 17.6 Å². The number of nitrogens with one attached hydrogen (secondary N) is 2. The van der Waals surface area contributed by atoms with Crippen molar-refractivity contribution in [3.05, 3.63) is 75.7 Å². The van der Waals surface area contributed by atoms with E-state index in [1.54, 1.807) is 24.3 Å². The fourth-order valence-electron chi connectivity index (χ4n) is 2.78. The maximum absolute atomic E-state index is 12.5. The molecular weight excluding hydrogens is 422 g/mol. The Hall–Kier alpha value is -4.33. The number of aromatic hydroxyl groups is 1. The predicted octanol–water partition coefficient (Wildman–Crippen LogP) is 0.955. The normalized spacial score (nSPS) is 11.5. The molecule has 3 aromatic rings. The van der Waals surface area contributed by atoms with Gasteiger partial charge >= 0.3 is 0 Å². The highest BCUT2D eigenvalue weighted by Gasteiger charge is 2.27. The van der Waals surface area contributed by atoms with Crippen molar-refractivity contribution in [2.75, 3.05) is 12.3 Å². The number of nitrogens with zero attached hydrogens (tertiary/aromatic N) is 3. The minimum absolute atomic E-state index is 0.0125. The summed E-state index contributed by atoms with van der Waals surface area (Å²) in [5.41, 5.74) is 6.28. The van der Waals surface area contributed by atoms with Crippen LogP contribution < -0.4 is 16.6 Å². The zero-order valence-electron chi connectivity index (χ0n) is 16.5. The lowest BCUT2D eigenvalue weighted by Gasteiger charge is -2.17. The smallest absolute Gasteiger partial charge is 0.293 e. The lowest BCUT2D eigenvalue weighted by Crippen LogP contribution is -2.34. The zero-order chi connectivity index (χ0) is 23.1.